The molecule has 1 heterocycles. The lowest BCUT2D eigenvalue weighted by Crippen LogP contribution is -2.22. The van der Waals surface area contributed by atoms with Gasteiger partial charge < -0.3 is 9.88 Å². The highest BCUT2D eigenvalue weighted by atomic mass is 19.4. The van der Waals surface area contributed by atoms with E-state index in [4.69, 9.17) is 0 Å². The van der Waals surface area contributed by atoms with Crippen LogP contribution in [0.2, 0.25) is 0 Å². The van der Waals surface area contributed by atoms with Crippen LogP contribution in [0.15, 0.2) is 48.7 Å². The molecule has 0 saturated carbocycles. The number of aryl methyl sites for hydroxylation is 2. The Morgan fingerprint density at radius 1 is 1.11 bits per heavy atom. The number of halogens is 3. The van der Waals surface area contributed by atoms with Crippen molar-refractivity contribution in [1.82, 2.24) is 4.57 Å². The van der Waals surface area contributed by atoms with Gasteiger partial charge in [0.25, 0.3) is 5.78 Å². The van der Waals surface area contributed by atoms with Crippen molar-refractivity contribution in [2.45, 2.75) is 33.0 Å². The fourth-order valence-electron chi connectivity index (χ4n) is 3.26. The minimum Gasteiger partial charge on any atom is -0.337 e. The second-order valence-electron chi connectivity index (χ2n) is 6.58. The summed E-state index contributed by atoms with van der Waals surface area (Å²) in [6.45, 7) is 3.55. The topological polar surface area (TPSA) is 51.1 Å². The Hall–Kier alpha value is -3.09. The number of para-hydroxylation sites is 1. The number of carbonyl (C=O) groups excluding carboxylic acids is 2. The van der Waals surface area contributed by atoms with Crippen molar-refractivity contribution in [3.63, 3.8) is 0 Å². The molecule has 3 aromatic rings. The van der Waals surface area contributed by atoms with Gasteiger partial charge in [0.2, 0.25) is 5.91 Å². The van der Waals surface area contributed by atoms with Gasteiger partial charge in [0, 0.05) is 17.3 Å². The lowest BCUT2D eigenvalue weighted by Gasteiger charge is -2.10. The zero-order valence-corrected chi connectivity index (χ0v) is 15.4. The maximum Gasteiger partial charge on any atom is 0.454 e. The minimum absolute atomic E-state index is 0.199. The fourth-order valence-corrected chi connectivity index (χ4v) is 3.26. The van der Waals surface area contributed by atoms with E-state index in [9.17, 15) is 22.8 Å². The molecule has 7 heteroatoms. The van der Waals surface area contributed by atoms with Crippen LogP contribution in [-0.4, -0.2) is 22.4 Å². The zero-order valence-electron chi connectivity index (χ0n) is 15.4. The number of ketones is 1. The molecule has 1 amide bonds. The van der Waals surface area contributed by atoms with Crippen LogP contribution in [0.5, 0.6) is 0 Å². The van der Waals surface area contributed by atoms with E-state index in [0.717, 1.165) is 17.3 Å². The van der Waals surface area contributed by atoms with Crippen molar-refractivity contribution in [1.29, 1.82) is 0 Å². The van der Waals surface area contributed by atoms with Crippen LogP contribution in [0.4, 0.5) is 18.9 Å². The third kappa shape index (κ3) is 3.93. The Balaban J connectivity index is 2.00. The normalized spacial score (nSPS) is 11.6. The van der Waals surface area contributed by atoms with E-state index < -0.39 is 17.5 Å². The number of hydrogen-bond donors (Lipinski definition) is 1. The second-order valence-corrected chi connectivity index (χ2v) is 6.58. The molecule has 1 aromatic heterocycles. The summed E-state index contributed by atoms with van der Waals surface area (Å²) in [6, 6.07) is 12.1. The summed E-state index contributed by atoms with van der Waals surface area (Å²) in [5.41, 5.74) is 2.36. The number of amides is 1. The largest absolute Gasteiger partial charge is 0.454 e. The first-order valence-corrected chi connectivity index (χ1v) is 8.79. The van der Waals surface area contributed by atoms with Gasteiger partial charge in [-0.15, -0.1) is 0 Å². The number of anilines is 1. The number of Topliss-reactive ketones (excluding diaryl/α,β-unsaturated/α-hetero) is 1. The molecular formula is C21H19F3N2O2. The van der Waals surface area contributed by atoms with Crippen LogP contribution >= 0.6 is 0 Å². The Bertz CT molecular complexity index is 1050. The SMILES string of the molecule is CCc1cccc2c(C(=O)C(F)(F)F)cn(CC(=O)Nc3cccc(C)c3)c12. The number of carbonyl (C=O) groups is 2. The Morgan fingerprint density at radius 3 is 2.46 bits per heavy atom. The minimum atomic E-state index is -4.98. The average Bonchev–Trinajstić information content (AvgIpc) is 2.98. The predicted molar refractivity (Wildman–Crippen MR) is 102 cm³/mol. The molecule has 0 atom stereocenters. The lowest BCUT2D eigenvalue weighted by molar-refractivity contribution is -0.116. The van der Waals surface area contributed by atoms with Gasteiger partial charge >= 0.3 is 6.18 Å². The van der Waals surface area contributed by atoms with Gasteiger partial charge in [-0.05, 0) is 36.6 Å². The maximum absolute atomic E-state index is 13.0. The average molecular weight is 388 g/mol. The van der Waals surface area contributed by atoms with Crippen LogP contribution in [0.25, 0.3) is 10.9 Å². The van der Waals surface area contributed by atoms with Gasteiger partial charge in [-0.1, -0.05) is 37.3 Å². The number of alkyl halides is 3. The smallest absolute Gasteiger partial charge is 0.337 e. The Labute approximate surface area is 160 Å². The summed E-state index contributed by atoms with van der Waals surface area (Å²) in [7, 11) is 0. The van der Waals surface area contributed by atoms with Crippen LogP contribution in [0, 0.1) is 6.92 Å². The molecule has 0 radical (unpaired) electrons. The van der Waals surface area contributed by atoms with E-state index in [-0.39, 0.29) is 17.8 Å². The fraction of sp³-hybridized carbons (Fsp3) is 0.238. The van der Waals surface area contributed by atoms with Crippen molar-refractivity contribution in [2.24, 2.45) is 0 Å². The number of aromatic nitrogens is 1. The number of fused-ring (bicyclic) bond motifs is 1. The molecule has 1 N–H and O–H groups in total. The van der Waals surface area contributed by atoms with Gasteiger partial charge in [-0.3, -0.25) is 9.59 Å². The predicted octanol–water partition coefficient (Wildman–Crippen LogP) is 4.90. The maximum atomic E-state index is 13.0. The summed E-state index contributed by atoms with van der Waals surface area (Å²) in [4.78, 5) is 24.3. The van der Waals surface area contributed by atoms with Crippen LogP contribution in [0.1, 0.15) is 28.4 Å². The molecule has 0 spiro atoms. The molecule has 28 heavy (non-hydrogen) atoms. The Kier molecular flexibility index (Phi) is 5.27. The molecule has 0 aliphatic heterocycles. The highest BCUT2D eigenvalue weighted by molar-refractivity contribution is 6.11. The number of benzene rings is 2. The monoisotopic (exact) mass is 388 g/mol. The van der Waals surface area contributed by atoms with Crippen molar-refractivity contribution in [2.75, 3.05) is 5.32 Å². The van der Waals surface area contributed by atoms with Crippen LogP contribution in [0.3, 0.4) is 0 Å². The van der Waals surface area contributed by atoms with Gasteiger partial charge in [0.05, 0.1) is 11.1 Å². The molecule has 0 bridgehead atoms. The number of rotatable bonds is 5. The van der Waals surface area contributed by atoms with Gasteiger partial charge in [-0.2, -0.15) is 13.2 Å². The van der Waals surface area contributed by atoms with E-state index in [1.807, 2.05) is 19.9 Å². The first-order chi connectivity index (χ1) is 13.2. The highest BCUT2D eigenvalue weighted by Crippen LogP contribution is 2.30. The third-order valence-electron chi connectivity index (χ3n) is 4.48. The third-order valence-corrected chi connectivity index (χ3v) is 4.48. The number of hydrogen-bond acceptors (Lipinski definition) is 2. The lowest BCUT2D eigenvalue weighted by atomic mass is 10.0. The van der Waals surface area contributed by atoms with Crippen molar-refractivity contribution in [3.8, 4) is 0 Å². The van der Waals surface area contributed by atoms with E-state index in [1.54, 1.807) is 30.3 Å². The van der Waals surface area contributed by atoms with E-state index in [1.165, 1.54) is 10.6 Å². The molecule has 0 aliphatic rings. The summed E-state index contributed by atoms with van der Waals surface area (Å²) >= 11 is 0. The standard InChI is InChI=1S/C21H19F3N2O2/c1-3-14-7-5-9-16-17(20(28)21(22,23)24)11-26(19(14)16)12-18(27)25-15-8-4-6-13(2)10-15/h4-11H,3,12H2,1-2H3,(H,25,27). The van der Waals surface area contributed by atoms with E-state index in [0.29, 0.717) is 17.6 Å². The van der Waals surface area contributed by atoms with Gasteiger partial charge in [0.1, 0.15) is 6.54 Å². The van der Waals surface area contributed by atoms with Gasteiger partial charge in [-0.25, -0.2) is 0 Å². The second kappa shape index (κ2) is 7.50. The molecule has 146 valence electrons. The first kappa shape index (κ1) is 19.7. The van der Waals surface area contributed by atoms with Crippen molar-refractivity contribution in [3.05, 3.63) is 65.4 Å². The number of nitrogens with zero attached hydrogens (tertiary/aromatic N) is 1. The van der Waals surface area contributed by atoms with Crippen molar-refractivity contribution >= 4 is 28.3 Å². The molecule has 0 unspecified atom stereocenters. The first-order valence-electron chi connectivity index (χ1n) is 8.79. The van der Waals surface area contributed by atoms with E-state index in [2.05, 4.69) is 5.32 Å². The molecule has 0 saturated heterocycles. The van der Waals surface area contributed by atoms with Crippen LogP contribution < -0.4 is 5.32 Å². The van der Waals surface area contributed by atoms with E-state index >= 15 is 0 Å². The van der Waals surface area contributed by atoms with Gasteiger partial charge in [0.15, 0.2) is 0 Å². The number of nitrogens with one attached hydrogen (secondary N) is 1. The summed E-state index contributed by atoms with van der Waals surface area (Å²) in [6.07, 6.45) is -3.30. The molecular weight excluding hydrogens is 369 g/mol. The quantitative estimate of drug-likeness (QED) is 0.633. The zero-order chi connectivity index (χ0) is 20.5. The highest BCUT2D eigenvalue weighted by Gasteiger charge is 2.41. The molecule has 4 nitrogen and oxygen atoms in total. The van der Waals surface area contributed by atoms with Crippen molar-refractivity contribution < 1.29 is 22.8 Å². The summed E-state index contributed by atoms with van der Waals surface area (Å²) < 4.78 is 40.4. The Morgan fingerprint density at radius 2 is 1.82 bits per heavy atom. The molecule has 3 rings (SSSR count). The molecule has 0 fully saturated rings. The van der Waals surface area contributed by atoms with Crippen LogP contribution in [-0.2, 0) is 17.8 Å². The summed E-state index contributed by atoms with van der Waals surface area (Å²) in [5.74, 6) is -2.30. The summed E-state index contributed by atoms with van der Waals surface area (Å²) in [5, 5.41) is 2.93. The molecule has 2 aromatic carbocycles. The molecule has 0 aliphatic carbocycles.